The fourth-order valence-electron chi connectivity index (χ4n) is 2.34. The van der Waals surface area contributed by atoms with Crippen LogP contribution in [0, 0.1) is 27.7 Å². The second-order valence-electron chi connectivity index (χ2n) is 4.72. The van der Waals surface area contributed by atoms with Crippen molar-refractivity contribution in [2.45, 2.75) is 34.1 Å². The van der Waals surface area contributed by atoms with Crippen LogP contribution in [0.4, 0.5) is 0 Å². The zero-order valence-corrected chi connectivity index (χ0v) is 13.8. The number of hydrogen-bond donors (Lipinski definition) is 1. The molecule has 0 unspecified atom stereocenters. The van der Waals surface area contributed by atoms with Crippen LogP contribution in [0.2, 0.25) is 0 Å². The van der Waals surface area contributed by atoms with Gasteiger partial charge in [0.1, 0.15) is 5.84 Å². The Hall–Kier alpha value is -0.540. The first-order valence-corrected chi connectivity index (χ1v) is 6.83. The average molecular weight is 332 g/mol. The van der Waals surface area contributed by atoms with Gasteiger partial charge in [-0.25, -0.2) is 0 Å². The first-order chi connectivity index (χ1) is 8.02. The van der Waals surface area contributed by atoms with Gasteiger partial charge in [0.2, 0.25) is 0 Å². The standard InChI is InChI=1S/C14H19BrN2.ClH/c1-8-10(3)14(15)11(4)9(2)12(8)7-13-16-5-6-17-13;/h5-7H2,1-4H3,(H,16,17);1H. The van der Waals surface area contributed by atoms with Gasteiger partial charge in [-0.2, -0.15) is 0 Å². The van der Waals surface area contributed by atoms with Crippen LogP contribution in [0.3, 0.4) is 0 Å². The minimum absolute atomic E-state index is 0. The first kappa shape index (κ1) is 15.5. The zero-order valence-electron chi connectivity index (χ0n) is 11.4. The Kier molecular flexibility index (Phi) is 5.23. The molecule has 2 rings (SSSR count). The molecule has 2 nitrogen and oxygen atoms in total. The van der Waals surface area contributed by atoms with E-state index in [0.29, 0.717) is 0 Å². The lowest BCUT2D eigenvalue weighted by atomic mass is 9.92. The fraction of sp³-hybridized carbons (Fsp3) is 0.500. The Morgan fingerprint density at radius 2 is 1.61 bits per heavy atom. The molecule has 18 heavy (non-hydrogen) atoms. The summed E-state index contributed by atoms with van der Waals surface area (Å²) in [5, 5.41) is 3.35. The molecule has 0 bridgehead atoms. The van der Waals surface area contributed by atoms with Crippen LogP contribution in [0.1, 0.15) is 27.8 Å². The molecule has 0 atom stereocenters. The summed E-state index contributed by atoms with van der Waals surface area (Å²) in [6.45, 7) is 10.7. The Labute approximate surface area is 124 Å². The van der Waals surface area contributed by atoms with Crippen molar-refractivity contribution in [1.82, 2.24) is 5.32 Å². The highest BCUT2D eigenvalue weighted by Crippen LogP contribution is 2.31. The van der Waals surface area contributed by atoms with Gasteiger partial charge in [0.15, 0.2) is 0 Å². The summed E-state index contributed by atoms with van der Waals surface area (Å²) in [6, 6.07) is 0. The minimum atomic E-state index is 0. The number of benzene rings is 1. The number of nitrogens with zero attached hydrogens (tertiary/aromatic N) is 1. The van der Waals surface area contributed by atoms with Gasteiger partial charge in [-0.3, -0.25) is 4.99 Å². The highest BCUT2D eigenvalue weighted by Gasteiger charge is 2.15. The van der Waals surface area contributed by atoms with Crippen molar-refractivity contribution in [3.05, 3.63) is 32.3 Å². The van der Waals surface area contributed by atoms with E-state index in [9.17, 15) is 0 Å². The normalized spacial score (nSPS) is 13.9. The smallest absolute Gasteiger partial charge is 0.101 e. The zero-order chi connectivity index (χ0) is 12.6. The molecule has 1 aliphatic rings. The van der Waals surface area contributed by atoms with E-state index in [1.807, 2.05) is 0 Å². The van der Waals surface area contributed by atoms with Crippen molar-refractivity contribution in [2.24, 2.45) is 4.99 Å². The topological polar surface area (TPSA) is 24.4 Å². The number of aliphatic imine (C=N–C) groups is 1. The summed E-state index contributed by atoms with van der Waals surface area (Å²) >= 11 is 3.68. The molecule has 1 aromatic rings. The van der Waals surface area contributed by atoms with Crippen molar-refractivity contribution in [3.8, 4) is 0 Å². The third-order valence-corrected chi connectivity index (χ3v) is 4.97. The molecule has 0 saturated carbocycles. The number of nitrogens with one attached hydrogen (secondary N) is 1. The molecule has 1 heterocycles. The lowest BCUT2D eigenvalue weighted by molar-refractivity contribution is 0.951. The maximum atomic E-state index is 4.49. The van der Waals surface area contributed by atoms with Gasteiger partial charge in [-0.1, -0.05) is 15.9 Å². The molecule has 0 spiro atoms. The molecular weight excluding hydrogens is 312 g/mol. The highest BCUT2D eigenvalue weighted by atomic mass is 79.9. The first-order valence-electron chi connectivity index (χ1n) is 6.04. The van der Waals surface area contributed by atoms with E-state index in [0.717, 1.165) is 25.3 Å². The molecule has 0 fully saturated rings. The highest BCUT2D eigenvalue weighted by molar-refractivity contribution is 9.10. The van der Waals surface area contributed by atoms with Crippen LogP contribution < -0.4 is 5.32 Å². The lowest BCUT2D eigenvalue weighted by Gasteiger charge is -2.17. The molecular formula is C14H20BrClN2. The van der Waals surface area contributed by atoms with Crippen molar-refractivity contribution >= 4 is 34.2 Å². The van der Waals surface area contributed by atoms with Crippen molar-refractivity contribution < 1.29 is 0 Å². The van der Waals surface area contributed by atoms with E-state index >= 15 is 0 Å². The Morgan fingerprint density at radius 3 is 2.06 bits per heavy atom. The summed E-state index contributed by atoms with van der Waals surface area (Å²) in [5.41, 5.74) is 6.90. The maximum Gasteiger partial charge on any atom is 0.101 e. The fourth-order valence-corrected chi connectivity index (χ4v) is 2.94. The molecule has 4 heteroatoms. The van der Waals surface area contributed by atoms with E-state index in [1.165, 1.54) is 32.3 Å². The summed E-state index contributed by atoms with van der Waals surface area (Å²) < 4.78 is 1.25. The molecule has 0 aromatic heterocycles. The number of rotatable bonds is 2. The Balaban J connectivity index is 0.00000162. The van der Waals surface area contributed by atoms with Crippen LogP contribution in [0.15, 0.2) is 9.47 Å². The third-order valence-electron chi connectivity index (χ3n) is 3.78. The van der Waals surface area contributed by atoms with Crippen LogP contribution in [0.25, 0.3) is 0 Å². The Morgan fingerprint density at radius 1 is 1.06 bits per heavy atom. The van der Waals surface area contributed by atoms with Gasteiger partial charge in [0.25, 0.3) is 0 Å². The van der Waals surface area contributed by atoms with Crippen molar-refractivity contribution in [2.75, 3.05) is 13.1 Å². The molecule has 0 saturated heterocycles. The molecule has 1 aromatic carbocycles. The maximum absolute atomic E-state index is 4.49. The van der Waals surface area contributed by atoms with E-state index in [-0.39, 0.29) is 12.4 Å². The summed E-state index contributed by atoms with van der Waals surface area (Å²) in [5.74, 6) is 1.14. The van der Waals surface area contributed by atoms with Gasteiger partial charge in [0.05, 0.1) is 6.54 Å². The molecule has 100 valence electrons. The van der Waals surface area contributed by atoms with Crippen molar-refractivity contribution in [1.29, 1.82) is 0 Å². The summed E-state index contributed by atoms with van der Waals surface area (Å²) in [7, 11) is 0. The van der Waals surface area contributed by atoms with E-state index < -0.39 is 0 Å². The second-order valence-corrected chi connectivity index (χ2v) is 5.52. The molecule has 1 N–H and O–H groups in total. The lowest BCUT2D eigenvalue weighted by Crippen LogP contribution is -2.21. The van der Waals surface area contributed by atoms with Gasteiger partial charge < -0.3 is 5.32 Å². The largest absolute Gasteiger partial charge is 0.372 e. The van der Waals surface area contributed by atoms with E-state index in [4.69, 9.17) is 0 Å². The van der Waals surface area contributed by atoms with Crippen molar-refractivity contribution in [3.63, 3.8) is 0 Å². The molecule has 0 amide bonds. The van der Waals surface area contributed by atoms with Gasteiger partial charge in [-0.05, 0) is 55.5 Å². The minimum Gasteiger partial charge on any atom is -0.372 e. The van der Waals surface area contributed by atoms with E-state index in [2.05, 4.69) is 53.9 Å². The quantitative estimate of drug-likeness (QED) is 0.879. The van der Waals surface area contributed by atoms with Crippen LogP contribution >= 0.6 is 28.3 Å². The number of hydrogen-bond acceptors (Lipinski definition) is 2. The average Bonchev–Trinajstić information content (AvgIpc) is 2.82. The van der Waals surface area contributed by atoms with Crippen LogP contribution in [-0.2, 0) is 6.42 Å². The van der Waals surface area contributed by atoms with Gasteiger partial charge in [0, 0.05) is 17.4 Å². The Bertz CT molecular complexity index is 466. The number of amidine groups is 1. The van der Waals surface area contributed by atoms with Gasteiger partial charge >= 0.3 is 0 Å². The molecule has 0 aliphatic carbocycles. The molecule has 0 radical (unpaired) electrons. The SMILES string of the molecule is Cc1c(C)c(CC2=NCCN2)c(C)c(C)c1Br.Cl. The van der Waals surface area contributed by atoms with Gasteiger partial charge in [-0.15, -0.1) is 12.4 Å². The van der Waals surface area contributed by atoms with Crippen LogP contribution in [-0.4, -0.2) is 18.9 Å². The monoisotopic (exact) mass is 330 g/mol. The predicted molar refractivity (Wildman–Crippen MR) is 84.3 cm³/mol. The van der Waals surface area contributed by atoms with E-state index in [1.54, 1.807) is 0 Å². The summed E-state index contributed by atoms with van der Waals surface area (Å²) in [4.78, 5) is 4.49. The number of halogens is 2. The van der Waals surface area contributed by atoms with Crippen LogP contribution in [0.5, 0.6) is 0 Å². The third kappa shape index (κ3) is 2.72. The predicted octanol–water partition coefficient (Wildman–Crippen LogP) is 3.65. The summed E-state index contributed by atoms with van der Waals surface area (Å²) in [6.07, 6.45) is 0.937. The molecule has 1 aliphatic heterocycles. The second kappa shape index (κ2) is 6.07.